The summed E-state index contributed by atoms with van der Waals surface area (Å²) in [6, 6.07) is 0. The number of aromatic nitrogens is 4. The molecule has 8 heteroatoms. The molecule has 4 rings (SSSR count). The minimum atomic E-state index is -0.302. The van der Waals surface area contributed by atoms with E-state index in [1.54, 1.807) is 15.8 Å². The van der Waals surface area contributed by atoms with Crippen LogP contribution in [0.4, 0.5) is 11.6 Å². The lowest BCUT2D eigenvalue weighted by molar-refractivity contribution is -0.141. The topological polar surface area (TPSA) is 76.4 Å². The number of piperidine rings is 1. The normalized spacial score (nSPS) is 20.0. The number of aryl methyl sites for hydroxylation is 2. The number of ether oxygens (including phenoxy) is 1. The van der Waals surface area contributed by atoms with Crippen LogP contribution in [0.5, 0.6) is 0 Å². The maximum absolute atomic E-state index is 12.3. The fraction of sp³-hybridized carbons (Fsp3) is 0.556. The molecule has 2 aliphatic rings. The Kier molecular flexibility index (Phi) is 4.36. The summed E-state index contributed by atoms with van der Waals surface area (Å²) in [7, 11) is 1.85. The molecule has 1 spiro atoms. The summed E-state index contributed by atoms with van der Waals surface area (Å²) >= 11 is 0. The van der Waals surface area contributed by atoms with Crippen LogP contribution in [0.3, 0.4) is 0 Å². The van der Waals surface area contributed by atoms with Crippen LogP contribution in [0.15, 0.2) is 24.8 Å². The highest BCUT2D eigenvalue weighted by Crippen LogP contribution is 2.33. The Labute approximate surface area is 152 Å². The van der Waals surface area contributed by atoms with E-state index in [1.165, 1.54) is 0 Å². The number of nitrogens with zero attached hydrogens (tertiary/aromatic N) is 6. The zero-order valence-electron chi connectivity index (χ0n) is 15.3. The van der Waals surface area contributed by atoms with Crippen molar-refractivity contribution in [1.82, 2.24) is 19.7 Å². The van der Waals surface area contributed by atoms with E-state index in [0.29, 0.717) is 6.54 Å². The Hall–Kier alpha value is -2.48. The number of carbonyl (C=O) groups excluding carboxylic acids is 1. The Morgan fingerprint density at radius 3 is 2.54 bits per heavy atom. The van der Waals surface area contributed by atoms with Gasteiger partial charge in [0.25, 0.3) is 5.91 Å². The maximum Gasteiger partial charge on any atom is 0.253 e. The molecule has 0 radical (unpaired) electrons. The van der Waals surface area contributed by atoms with Gasteiger partial charge in [-0.15, -0.1) is 0 Å². The van der Waals surface area contributed by atoms with Crippen LogP contribution in [0, 0.1) is 0 Å². The van der Waals surface area contributed by atoms with Gasteiger partial charge in [0.05, 0.1) is 24.0 Å². The summed E-state index contributed by atoms with van der Waals surface area (Å²) in [4.78, 5) is 25.3. The number of hydrogen-bond donors (Lipinski definition) is 0. The predicted molar refractivity (Wildman–Crippen MR) is 97.1 cm³/mol. The molecule has 0 unspecified atom stereocenters. The molecule has 138 valence electrons. The van der Waals surface area contributed by atoms with Crippen molar-refractivity contribution in [3.05, 3.63) is 30.4 Å². The fourth-order valence-electron chi connectivity index (χ4n) is 3.61. The number of morpholine rings is 1. The zero-order valence-corrected chi connectivity index (χ0v) is 15.3. The van der Waals surface area contributed by atoms with Crippen molar-refractivity contribution in [2.45, 2.75) is 31.8 Å². The lowest BCUT2D eigenvalue weighted by Crippen LogP contribution is -2.59. The summed E-state index contributed by atoms with van der Waals surface area (Å²) in [5, 5.41) is 4.18. The molecule has 2 aliphatic heterocycles. The first-order chi connectivity index (χ1) is 12.6. The Bertz CT molecular complexity index is 779. The first kappa shape index (κ1) is 17.0. The monoisotopic (exact) mass is 356 g/mol. The SMILES string of the molecule is CCc1cnc(N2CCC3(CC2)CN(c2cnn(C)c2)C(=O)CO3)nc1. The predicted octanol–water partition coefficient (Wildman–Crippen LogP) is 1.17. The van der Waals surface area contributed by atoms with Gasteiger partial charge in [0.1, 0.15) is 6.61 Å². The largest absolute Gasteiger partial charge is 0.363 e. The molecule has 8 nitrogen and oxygen atoms in total. The van der Waals surface area contributed by atoms with Gasteiger partial charge >= 0.3 is 0 Å². The van der Waals surface area contributed by atoms with Crippen LogP contribution in [0.25, 0.3) is 0 Å². The average Bonchev–Trinajstić information content (AvgIpc) is 3.11. The Balaban J connectivity index is 1.44. The van der Waals surface area contributed by atoms with E-state index in [-0.39, 0.29) is 18.1 Å². The first-order valence-electron chi connectivity index (χ1n) is 9.07. The number of rotatable bonds is 3. The van der Waals surface area contributed by atoms with Gasteiger partial charge in [-0.1, -0.05) is 6.92 Å². The molecular weight excluding hydrogens is 332 g/mol. The molecule has 4 heterocycles. The van der Waals surface area contributed by atoms with Gasteiger partial charge in [-0.3, -0.25) is 9.48 Å². The summed E-state index contributed by atoms with van der Waals surface area (Å²) in [6.07, 6.45) is 10.0. The third kappa shape index (κ3) is 3.16. The van der Waals surface area contributed by atoms with Crippen LogP contribution >= 0.6 is 0 Å². The van der Waals surface area contributed by atoms with Gasteiger partial charge in [0, 0.05) is 38.7 Å². The Morgan fingerprint density at radius 1 is 1.19 bits per heavy atom. The quantitative estimate of drug-likeness (QED) is 0.822. The van der Waals surface area contributed by atoms with Crippen LogP contribution in [-0.2, 0) is 23.0 Å². The number of hydrogen-bond acceptors (Lipinski definition) is 6. The maximum atomic E-state index is 12.3. The van der Waals surface area contributed by atoms with E-state index in [1.807, 2.05) is 25.6 Å². The van der Waals surface area contributed by atoms with Gasteiger partial charge in [-0.2, -0.15) is 5.10 Å². The molecule has 0 bridgehead atoms. The van der Waals surface area contributed by atoms with Crippen molar-refractivity contribution in [3.63, 3.8) is 0 Å². The highest BCUT2D eigenvalue weighted by molar-refractivity contribution is 5.94. The van der Waals surface area contributed by atoms with E-state index >= 15 is 0 Å². The van der Waals surface area contributed by atoms with E-state index in [2.05, 4.69) is 26.9 Å². The van der Waals surface area contributed by atoms with Gasteiger partial charge in [-0.25, -0.2) is 9.97 Å². The summed E-state index contributed by atoms with van der Waals surface area (Å²) in [5.41, 5.74) is 1.67. The van der Waals surface area contributed by atoms with Gasteiger partial charge < -0.3 is 14.5 Å². The van der Waals surface area contributed by atoms with E-state index in [0.717, 1.165) is 49.6 Å². The molecule has 0 aromatic carbocycles. The summed E-state index contributed by atoms with van der Waals surface area (Å²) in [5.74, 6) is 0.762. The first-order valence-corrected chi connectivity index (χ1v) is 9.07. The number of carbonyl (C=O) groups is 1. The third-order valence-electron chi connectivity index (χ3n) is 5.31. The molecule has 0 aliphatic carbocycles. The van der Waals surface area contributed by atoms with E-state index in [4.69, 9.17) is 4.74 Å². The van der Waals surface area contributed by atoms with Crippen molar-refractivity contribution >= 4 is 17.5 Å². The summed E-state index contributed by atoms with van der Waals surface area (Å²) < 4.78 is 7.72. The van der Waals surface area contributed by atoms with Gasteiger partial charge in [-0.05, 0) is 24.8 Å². The van der Waals surface area contributed by atoms with Crippen molar-refractivity contribution in [3.8, 4) is 0 Å². The highest BCUT2D eigenvalue weighted by Gasteiger charge is 2.43. The van der Waals surface area contributed by atoms with Gasteiger partial charge in [0.2, 0.25) is 5.95 Å². The van der Waals surface area contributed by atoms with Gasteiger partial charge in [0.15, 0.2) is 0 Å². The van der Waals surface area contributed by atoms with Crippen molar-refractivity contribution in [1.29, 1.82) is 0 Å². The second-order valence-electron chi connectivity index (χ2n) is 7.06. The molecular formula is C18H24N6O2. The standard InChI is InChI=1S/C18H24N6O2/c1-3-14-8-19-17(20-9-14)23-6-4-18(5-7-23)13-24(16(25)12-26-18)15-10-21-22(2)11-15/h8-11H,3-7,12-13H2,1-2H3. The van der Waals surface area contributed by atoms with E-state index in [9.17, 15) is 4.79 Å². The zero-order chi connectivity index (χ0) is 18.1. The molecule has 0 saturated carbocycles. The van der Waals surface area contributed by atoms with Crippen LogP contribution in [0.1, 0.15) is 25.3 Å². The van der Waals surface area contributed by atoms with Crippen molar-refractivity contribution in [2.75, 3.05) is 36.0 Å². The van der Waals surface area contributed by atoms with Crippen molar-refractivity contribution in [2.24, 2.45) is 7.05 Å². The number of amides is 1. The minimum Gasteiger partial charge on any atom is -0.363 e. The lowest BCUT2D eigenvalue weighted by atomic mass is 9.89. The fourth-order valence-corrected chi connectivity index (χ4v) is 3.61. The molecule has 2 saturated heterocycles. The second kappa shape index (κ2) is 6.68. The summed E-state index contributed by atoms with van der Waals surface area (Å²) in [6.45, 7) is 4.43. The van der Waals surface area contributed by atoms with E-state index < -0.39 is 0 Å². The van der Waals surface area contributed by atoms with Crippen molar-refractivity contribution < 1.29 is 9.53 Å². The molecule has 0 atom stereocenters. The second-order valence-corrected chi connectivity index (χ2v) is 7.06. The van der Waals surface area contributed by atoms with Crippen LogP contribution < -0.4 is 9.80 Å². The van der Waals surface area contributed by atoms with Crippen LogP contribution in [-0.4, -0.2) is 57.5 Å². The molecule has 2 aromatic rings. The highest BCUT2D eigenvalue weighted by atomic mass is 16.5. The molecule has 1 amide bonds. The molecule has 26 heavy (non-hydrogen) atoms. The lowest BCUT2D eigenvalue weighted by Gasteiger charge is -2.46. The number of anilines is 2. The molecule has 0 N–H and O–H groups in total. The molecule has 2 fully saturated rings. The minimum absolute atomic E-state index is 0.00968. The Morgan fingerprint density at radius 2 is 1.92 bits per heavy atom. The third-order valence-corrected chi connectivity index (χ3v) is 5.31. The smallest absolute Gasteiger partial charge is 0.253 e. The molecule has 2 aromatic heterocycles. The average molecular weight is 356 g/mol. The van der Waals surface area contributed by atoms with Crippen LogP contribution in [0.2, 0.25) is 0 Å².